The van der Waals surface area contributed by atoms with Gasteiger partial charge in [-0.25, -0.2) is 0 Å². The van der Waals surface area contributed by atoms with Crippen molar-refractivity contribution in [3.63, 3.8) is 0 Å². The second-order valence-corrected chi connectivity index (χ2v) is 15.4. The Balaban J connectivity index is 1.08. The molecule has 9 rings (SSSR count). The third-order valence-corrected chi connectivity index (χ3v) is 12.0. The molecule has 0 aromatic heterocycles. The van der Waals surface area contributed by atoms with E-state index < -0.39 is 0 Å². The van der Waals surface area contributed by atoms with E-state index in [4.69, 9.17) is 6.42 Å². The number of hydrogen-bond acceptors (Lipinski definition) is 3. The van der Waals surface area contributed by atoms with Crippen molar-refractivity contribution in [2.75, 3.05) is 10.2 Å². The highest BCUT2D eigenvalue weighted by Crippen LogP contribution is 2.52. The van der Waals surface area contributed by atoms with Gasteiger partial charge in [-0.1, -0.05) is 147 Å². The van der Waals surface area contributed by atoms with Crippen molar-refractivity contribution in [3.8, 4) is 23.5 Å². The molecule has 0 spiro atoms. The summed E-state index contributed by atoms with van der Waals surface area (Å²) in [5.74, 6) is 3.03. The van der Waals surface area contributed by atoms with Crippen molar-refractivity contribution in [1.29, 1.82) is 0 Å². The number of nitrogens with one attached hydrogen (secondary N) is 1. The van der Waals surface area contributed by atoms with E-state index in [-0.39, 0.29) is 10.8 Å². The average molecular weight is 687 g/mol. The van der Waals surface area contributed by atoms with Crippen LogP contribution in [0.25, 0.3) is 38.2 Å². The molecule has 250 valence electrons. The minimum Gasteiger partial charge on any atom is -0.368 e. The van der Waals surface area contributed by atoms with Crippen LogP contribution in [0.5, 0.6) is 0 Å². The second kappa shape index (κ2) is 12.7. The lowest BCUT2D eigenvalue weighted by Gasteiger charge is -2.27. The Morgan fingerprint density at radius 1 is 0.712 bits per heavy atom. The average Bonchev–Trinajstić information content (AvgIpc) is 3.73. The highest BCUT2D eigenvalue weighted by atomic mass is 32.2. The maximum Gasteiger partial charge on any atom is 0.103 e. The summed E-state index contributed by atoms with van der Waals surface area (Å²) >= 11 is 1.89. The highest BCUT2D eigenvalue weighted by molar-refractivity contribution is 8.00. The van der Waals surface area contributed by atoms with E-state index in [1.807, 2.05) is 17.8 Å². The molecule has 0 bridgehead atoms. The summed E-state index contributed by atoms with van der Waals surface area (Å²) in [6.45, 7) is 6.79. The molecular weight excluding hydrogens is 649 g/mol. The molecule has 1 unspecified atom stereocenters. The Hall–Kier alpha value is -5.95. The highest BCUT2D eigenvalue weighted by Gasteiger charge is 2.35. The number of benzene rings is 7. The molecule has 3 heteroatoms. The van der Waals surface area contributed by atoms with Gasteiger partial charge in [-0.05, 0) is 105 Å². The Morgan fingerprint density at radius 2 is 1.42 bits per heavy atom. The first-order valence-corrected chi connectivity index (χ1v) is 18.7. The molecule has 0 amide bonds. The number of para-hydroxylation sites is 1. The topological polar surface area (TPSA) is 15.3 Å². The predicted molar refractivity (Wildman–Crippen MR) is 223 cm³/mol. The van der Waals surface area contributed by atoms with Crippen LogP contribution in [0.2, 0.25) is 0 Å². The van der Waals surface area contributed by atoms with Crippen LogP contribution >= 0.6 is 11.8 Å². The van der Waals surface area contributed by atoms with Gasteiger partial charge in [-0.2, -0.15) is 0 Å². The number of thioether (sulfide) groups is 1. The van der Waals surface area contributed by atoms with Gasteiger partial charge in [0.05, 0.1) is 11.4 Å². The number of fused-ring (bicyclic) bond motifs is 8. The van der Waals surface area contributed by atoms with Crippen LogP contribution in [-0.4, -0.2) is 0 Å². The fourth-order valence-electron chi connectivity index (χ4n) is 8.01. The Morgan fingerprint density at radius 3 is 2.23 bits per heavy atom. The molecule has 1 aliphatic heterocycles. The van der Waals surface area contributed by atoms with Gasteiger partial charge < -0.3 is 10.2 Å². The SMILES string of the molecule is C#C/C(=C\C=C(/C)c1ccc2c(ccc3ccc4c(c32)NC(c2ccccc2)S4)c1)N(c1ccccc1)c1ccc2c(c1)C(C)(C)c1ccccc1-2. The van der Waals surface area contributed by atoms with E-state index in [2.05, 4.69) is 189 Å². The molecule has 1 atom stereocenters. The second-order valence-electron chi connectivity index (χ2n) is 14.2. The van der Waals surface area contributed by atoms with Gasteiger partial charge in [0.15, 0.2) is 0 Å². The summed E-state index contributed by atoms with van der Waals surface area (Å²) in [5.41, 5.74) is 12.8. The van der Waals surface area contributed by atoms with Crippen molar-refractivity contribution in [2.24, 2.45) is 0 Å². The quantitative estimate of drug-likeness (QED) is 0.106. The van der Waals surface area contributed by atoms with E-state index in [0.717, 1.165) is 22.6 Å². The van der Waals surface area contributed by atoms with Gasteiger partial charge in [0.25, 0.3) is 0 Å². The third-order valence-electron chi connectivity index (χ3n) is 10.8. The Kier molecular flexibility index (Phi) is 7.80. The molecule has 2 aliphatic rings. The lowest BCUT2D eigenvalue weighted by Crippen LogP contribution is -2.18. The van der Waals surface area contributed by atoms with Crippen molar-refractivity contribution in [3.05, 3.63) is 186 Å². The lowest BCUT2D eigenvalue weighted by atomic mass is 9.82. The van der Waals surface area contributed by atoms with Gasteiger partial charge in [0.2, 0.25) is 0 Å². The van der Waals surface area contributed by atoms with Crippen LogP contribution < -0.4 is 10.2 Å². The number of allylic oxidation sites excluding steroid dienone is 4. The van der Waals surface area contributed by atoms with Gasteiger partial charge in [-0.3, -0.25) is 0 Å². The maximum absolute atomic E-state index is 6.33. The molecular formula is C49H38N2S. The van der Waals surface area contributed by atoms with Crippen LogP contribution in [0.15, 0.2) is 168 Å². The zero-order valence-corrected chi connectivity index (χ0v) is 30.3. The van der Waals surface area contributed by atoms with Crippen molar-refractivity contribution in [2.45, 2.75) is 36.5 Å². The fourth-order valence-corrected chi connectivity index (χ4v) is 9.16. The first-order valence-electron chi connectivity index (χ1n) is 17.8. The number of terminal acetylenes is 1. The molecule has 0 saturated heterocycles. The van der Waals surface area contributed by atoms with Crippen LogP contribution in [0.3, 0.4) is 0 Å². The summed E-state index contributed by atoms with van der Waals surface area (Å²) in [4.78, 5) is 3.49. The standard InChI is InChI=1S/C49H38N2S/c1-5-37(51(38-16-10-7-11-17-38)39-26-28-42-41-18-12-13-19-43(41)49(3,4)44(42)31-39)25-20-32(2)35-23-27-40-36(30-35)22-21-33-24-29-45-47(46(33)40)50-48(52-45)34-14-8-6-9-15-34/h1,6-31,48,50H,2-4H3/b32-20+,37-25+. The summed E-state index contributed by atoms with van der Waals surface area (Å²) in [6, 6.07) is 52.4. The normalized spacial score (nSPS) is 15.8. The van der Waals surface area contributed by atoms with Crippen molar-refractivity contribution in [1.82, 2.24) is 0 Å². The van der Waals surface area contributed by atoms with Gasteiger partial charge in [0.1, 0.15) is 5.37 Å². The lowest BCUT2D eigenvalue weighted by molar-refractivity contribution is 0.660. The van der Waals surface area contributed by atoms with E-state index in [0.29, 0.717) is 0 Å². The van der Waals surface area contributed by atoms with Crippen LogP contribution in [0.1, 0.15) is 48.4 Å². The summed E-state index contributed by atoms with van der Waals surface area (Å²) in [5, 5.41) is 9.04. The molecule has 0 saturated carbocycles. The minimum absolute atomic E-state index is 0.110. The van der Waals surface area contributed by atoms with Crippen LogP contribution in [-0.2, 0) is 5.41 Å². The van der Waals surface area contributed by atoms with E-state index in [1.165, 1.54) is 65.5 Å². The first-order chi connectivity index (χ1) is 25.4. The summed E-state index contributed by atoms with van der Waals surface area (Å²) < 4.78 is 0. The molecule has 0 radical (unpaired) electrons. The molecule has 1 aliphatic carbocycles. The van der Waals surface area contributed by atoms with E-state index in [9.17, 15) is 0 Å². The monoisotopic (exact) mass is 686 g/mol. The molecule has 1 N–H and O–H groups in total. The van der Waals surface area contributed by atoms with Gasteiger partial charge >= 0.3 is 0 Å². The fraction of sp³-hybridized carbons (Fsp3) is 0.102. The molecule has 52 heavy (non-hydrogen) atoms. The largest absolute Gasteiger partial charge is 0.368 e. The van der Waals surface area contributed by atoms with Crippen LogP contribution in [0.4, 0.5) is 17.1 Å². The first kappa shape index (κ1) is 32.0. The predicted octanol–water partition coefficient (Wildman–Crippen LogP) is 13.3. The third kappa shape index (κ3) is 5.31. The minimum atomic E-state index is -0.110. The number of hydrogen-bond donors (Lipinski definition) is 1. The maximum atomic E-state index is 6.33. The number of rotatable bonds is 6. The summed E-state index contributed by atoms with van der Waals surface area (Å²) in [7, 11) is 0. The molecule has 7 aromatic carbocycles. The molecule has 1 heterocycles. The van der Waals surface area contributed by atoms with E-state index in [1.54, 1.807) is 0 Å². The van der Waals surface area contributed by atoms with Crippen molar-refractivity contribution >= 4 is 55.9 Å². The number of nitrogens with zero attached hydrogens (tertiary/aromatic N) is 1. The van der Waals surface area contributed by atoms with Gasteiger partial charge in [-0.15, -0.1) is 6.42 Å². The Labute approximate surface area is 310 Å². The Bertz CT molecular complexity index is 2630. The van der Waals surface area contributed by atoms with Crippen LogP contribution in [0, 0.1) is 12.3 Å². The zero-order valence-electron chi connectivity index (χ0n) is 29.5. The molecule has 0 fully saturated rings. The summed E-state index contributed by atoms with van der Waals surface area (Å²) in [6.07, 6.45) is 10.6. The zero-order chi connectivity index (χ0) is 35.4. The molecule has 2 nitrogen and oxygen atoms in total. The molecule has 7 aromatic rings. The van der Waals surface area contributed by atoms with Crippen molar-refractivity contribution < 1.29 is 0 Å². The smallest absolute Gasteiger partial charge is 0.103 e. The number of anilines is 3. The van der Waals surface area contributed by atoms with E-state index >= 15 is 0 Å². The van der Waals surface area contributed by atoms with Gasteiger partial charge in [0, 0.05) is 27.1 Å².